The van der Waals surface area contributed by atoms with Gasteiger partial charge in [0.1, 0.15) is 12.0 Å². The maximum Gasteiger partial charge on any atom is 0.257 e. The third-order valence-electron chi connectivity index (χ3n) is 2.30. The summed E-state index contributed by atoms with van der Waals surface area (Å²) >= 11 is 0. The van der Waals surface area contributed by atoms with E-state index in [0.717, 1.165) is 5.76 Å². The maximum atomic E-state index is 11.8. The van der Waals surface area contributed by atoms with Gasteiger partial charge in [0, 0.05) is 19.6 Å². The molecule has 1 heterocycles. The average molecular weight is 196 g/mol. The molecule has 1 aromatic heterocycles. The average Bonchev–Trinajstić information content (AvgIpc) is 2.61. The van der Waals surface area contributed by atoms with Gasteiger partial charge in [-0.05, 0) is 19.9 Å². The molecule has 4 nitrogen and oxygen atoms in total. The van der Waals surface area contributed by atoms with E-state index < -0.39 is 0 Å². The van der Waals surface area contributed by atoms with Crippen molar-refractivity contribution in [2.24, 2.45) is 5.73 Å². The minimum absolute atomic E-state index is 0.0395. The monoisotopic (exact) mass is 196 g/mol. The van der Waals surface area contributed by atoms with Crippen LogP contribution in [0, 0.1) is 6.92 Å². The lowest BCUT2D eigenvalue weighted by molar-refractivity contribution is 0.0747. The van der Waals surface area contributed by atoms with Gasteiger partial charge in [-0.25, -0.2) is 0 Å². The van der Waals surface area contributed by atoms with Gasteiger partial charge in [-0.3, -0.25) is 4.79 Å². The molecule has 1 unspecified atom stereocenters. The first kappa shape index (κ1) is 10.8. The number of nitrogens with zero attached hydrogens (tertiary/aromatic N) is 1. The Morgan fingerprint density at radius 2 is 2.36 bits per heavy atom. The van der Waals surface area contributed by atoms with E-state index in [1.165, 1.54) is 6.26 Å². The molecular formula is C10H16N2O2. The second-order valence-corrected chi connectivity index (χ2v) is 3.45. The highest BCUT2D eigenvalue weighted by molar-refractivity contribution is 5.94. The van der Waals surface area contributed by atoms with Gasteiger partial charge in [-0.2, -0.15) is 0 Å². The van der Waals surface area contributed by atoms with Crippen molar-refractivity contribution >= 4 is 5.91 Å². The van der Waals surface area contributed by atoms with Crippen LogP contribution >= 0.6 is 0 Å². The molecule has 0 aliphatic rings. The molecule has 0 fully saturated rings. The zero-order valence-electron chi connectivity index (χ0n) is 8.78. The Morgan fingerprint density at radius 1 is 1.71 bits per heavy atom. The van der Waals surface area contributed by atoms with Crippen LogP contribution in [0.1, 0.15) is 23.0 Å². The van der Waals surface area contributed by atoms with E-state index in [0.29, 0.717) is 12.1 Å². The Kier molecular flexibility index (Phi) is 3.30. The fraction of sp³-hybridized carbons (Fsp3) is 0.500. The van der Waals surface area contributed by atoms with E-state index in [-0.39, 0.29) is 11.9 Å². The highest BCUT2D eigenvalue weighted by atomic mass is 16.3. The quantitative estimate of drug-likeness (QED) is 0.784. The van der Waals surface area contributed by atoms with E-state index in [2.05, 4.69) is 0 Å². The number of aryl methyl sites for hydroxylation is 1. The van der Waals surface area contributed by atoms with E-state index in [9.17, 15) is 4.79 Å². The molecule has 78 valence electrons. The molecule has 0 aliphatic heterocycles. The number of hydrogen-bond donors (Lipinski definition) is 1. The lowest BCUT2D eigenvalue weighted by Gasteiger charge is -2.22. The first-order valence-electron chi connectivity index (χ1n) is 4.58. The topological polar surface area (TPSA) is 59.5 Å². The van der Waals surface area contributed by atoms with E-state index in [1.807, 2.05) is 13.8 Å². The highest BCUT2D eigenvalue weighted by Gasteiger charge is 2.17. The van der Waals surface area contributed by atoms with Crippen LogP contribution in [-0.4, -0.2) is 30.4 Å². The molecule has 2 N–H and O–H groups in total. The summed E-state index contributed by atoms with van der Waals surface area (Å²) in [5.41, 5.74) is 6.05. The second kappa shape index (κ2) is 4.28. The Labute approximate surface area is 83.7 Å². The van der Waals surface area contributed by atoms with Crippen LogP contribution in [0.5, 0.6) is 0 Å². The van der Waals surface area contributed by atoms with Gasteiger partial charge < -0.3 is 15.1 Å². The molecule has 4 heteroatoms. The number of nitrogens with two attached hydrogens (primary N) is 1. The third-order valence-corrected chi connectivity index (χ3v) is 2.30. The van der Waals surface area contributed by atoms with Gasteiger partial charge >= 0.3 is 0 Å². The van der Waals surface area contributed by atoms with Crippen molar-refractivity contribution in [2.75, 3.05) is 13.6 Å². The van der Waals surface area contributed by atoms with Crippen LogP contribution in [0.3, 0.4) is 0 Å². The van der Waals surface area contributed by atoms with Crippen molar-refractivity contribution in [3.05, 3.63) is 23.7 Å². The first-order valence-corrected chi connectivity index (χ1v) is 4.58. The SMILES string of the molecule is Cc1cc(C(=O)N(C)C(C)CN)co1. The molecule has 0 aliphatic carbocycles. The molecule has 0 saturated carbocycles. The fourth-order valence-electron chi connectivity index (χ4n) is 1.12. The highest BCUT2D eigenvalue weighted by Crippen LogP contribution is 2.10. The lowest BCUT2D eigenvalue weighted by Crippen LogP contribution is -2.39. The minimum atomic E-state index is -0.0557. The number of hydrogen-bond acceptors (Lipinski definition) is 3. The molecular weight excluding hydrogens is 180 g/mol. The standard InChI is InChI=1S/C10H16N2O2/c1-7(5-11)12(3)10(13)9-4-8(2)14-6-9/h4,6-7H,5,11H2,1-3H3. The van der Waals surface area contributed by atoms with E-state index >= 15 is 0 Å². The summed E-state index contributed by atoms with van der Waals surface area (Å²) in [6.07, 6.45) is 1.47. The molecule has 1 rings (SSSR count). The smallest absolute Gasteiger partial charge is 0.257 e. The van der Waals surface area contributed by atoms with Crippen LogP contribution in [-0.2, 0) is 0 Å². The number of rotatable bonds is 3. The van der Waals surface area contributed by atoms with Crippen LogP contribution in [0.2, 0.25) is 0 Å². The Hall–Kier alpha value is -1.29. The molecule has 0 saturated heterocycles. The zero-order valence-corrected chi connectivity index (χ0v) is 8.78. The van der Waals surface area contributed by atoms with Gasteiger partial charge in [-0.15, -0.1) is 0 Å². The van der Waals surface area contributed by atoms with Crippen molar-refractivity contribution in [1.82, 2.24) is 4.90 Å². The van der Waals surface area contributed by atoms with Crippen molar-refractivity contribution in [1.29, 1.82) is 0 Å². The van der Waals surface area contributed by atoms with Crippen LogP contribution in [0.4, 0.5) is 0 Å². The Balaban J connectivity index is 2.75. The van der Waals surface area contributed by atoms with Crippen LogP contribution in [0.15, 0.2) is 16.7 Å². The number of likely N-dealkylation sites (N-methyl/N-ethyl adjacent to an activating group) is 1. The van der Waals surface area contributed by atoms with Gasteiger partial charge in [0.25, 0.3) is 5.91 Å². The largest absolute Gasteiger partial charge is 0.469 e. The maximum absolute atomic E-state index is 11.8. The Morgan fingerprint density at radius 3 is 2.79 bits per heavy atom. The van der Waals surface area contributed by atoms with Crippen molar-refractivity contribution in [3.8, 4) is 0 Å². The van der Waals surface area contributed by atoms with Crippen LogP contribution < -0.4 is 5.73 Å². The number of carbonyl (C=O) groups is 1. The van der Waals surface area contributed by atoms with Crippen molar-refractivity contribution < 1.29 is 9.21 Å². The molecule has 0 bridgehead atoms. The molecule has 0 aromatic carbocycles. The predicted molar refractivity (Wildman–Crippen MR) is 54.1 cm³/mol. The summed E-state index contributed by atoms with van der Waals surface area (Å²) in [5.74, 6) is 0.682. The van der Waals surface area contributed by atoms with E-state index in [1.54, 1.807) is 18.0 Å². The molecule has 0 spiro atoms. The summed E-state index contributed by atoms with van der Waals surface area (Å²) in [4.78, 5) is 13.4. The molecule has 14 heavy (non-hydrogen) atoms. The summed E-state index contributed by atoms with van der Waals surface area (Å²) in [7, 11) is 1.74. The van der Waals surface area contributed by atoms with Crippen molar-refractivity contribution in [2.45, 2.75) is 19.9 Å². The van der Waals surface area contributed by atoms with Gasteiger partial charge in [0.2, 0.25) is 0 Å². The molecule has 0 radical (unpaired) electrons. The van der Waals surface area contributed by atoms with Crippen LogP contribution in [0.25, 0.3) is 0 Å². The van der Waals surface area contributed by atoms with Gasteiger partial charge in [0.05, 0.1) is 5.56 Å². The van der Waals surface area contributed by atoms with Gasteiger partial charge in [0.15, 0.2) is 0 Å². The fourth-order valence-corrected chi connectivity index (χ4v) is 1.12. The molecule has 1 aromatic rings. The molecule has 1 amide bonds. The third kappa shape index (κ3) is 2.14. The summed E-state index contributed by atoms with van der Waals surface area (Å²) < 4.78 is 5.07. The summed E-state index contributed by atoms with van der Waals surface area (Å²) in [6.45, 7) is 4.17. The zero-order chi connectivity index (χ0) is 10.7. The number of carbonyl (C=O) groups excluding carboxylic acids is 1. The van der Waals surface area contributed by atoms with E-state index in [4.69, 9.17) is 10.2 Å². The molecule has 1 atom stereocenters. The normalized spacial score (nSPS) is 12.6. The Bertz CT molecular complexity index is 320. The first-order chi connectivity index (χ1) is 6.56. The minimum Gasteiger partial charge on any atom is -0.469 e. The second-order valence-electron chi connectivity index (χ2n) is 3.45. The lowest BCUT2D eigenvalue weighted by atomic mass is 10.2. The predicted octanol–water partition coefficient (Wildman–Crippen LogP) is 1.01. The number of furan rings is 1. The van der Waals surface area contributed by atoms with Gasteiger partial charge in [-0.1, -0.05) is 0 Å². The summed E-state index contributed by atoms with van der Waals surface area (Å²) in [6, 6.07) is 1.76. The number of amides is 1. The van der Waals surface area contributed by atoms with Crippen molar-refractivity contribution in [3.63, 3.8) is 0 Å². The summed E-state index contributed by atoms with van der Waals surface area (Å²) in [5, 5.41) is 0.